The molecule has 0 bridgehead atoms. The Labute approximate surface area is 91.7 Å². The maximum atomic E-state index is 8.96. The molecule has 1 heterocycles. The van der Waals surface area contributed by atoms with Crippen LogP contribution in [0.2, 0.25) is 5.02 Å². The van der Waals surface area contributed by atoms with E-state index < -0.39 is 6.04 Å². The van der Waals surface area contributed by atoms with E-state index >= 15 is 0 Å². The van der Waals surface area contributed by atoms with Crippen molar-refractivity contribution >= 4 is 22.7 Å². The van der Waals surface area contributed by atoms with E-state index in [-0.39, 0.29) is 6.61 Å². The highest BCUT2D eigenvalue weighted by Gasteiger charge is 2.13. The van der Waals surface area contributed by atoms with Gasteiger partial charge in [0.1, 0.15) is 5.52 Å². The first-order valence-electron chi connectivity index (χ1n) is 4.55. The zero-order valence-corrected chi connectivity index (χ0v) is 8.95. The molecule has 2 rings (SSSR count). The summed E-state index contributed by atoms with van der Waals surface area (Å²) in [5, 5.41) is 9.46. The number of hydrogen-bond donors (Lipinski definition) is 2. The summed E-state index contributed by atoms with van der Waals surface area (Å²) < 4.78 is 5.35. The number of halogens is 1. The molecule has 15 heavy (non-hydrogen) atoms. The minimum atomic E-state index is -0.493. The summed E-state index contributed by atoms with van der Waals surface area (Å²) in [6.45, 7) is 1.61. The Hall–Kier alpha value is -1.10. The standard InChI is InChI=1S/C10H11ClN2O2/c1-5-13-9-3-7(11)6(8(12)4-14)2-10(9)15-5/h2-3,8,14H,4,12H2,1H3. The highest BCUT2D eigenvalue weighted by Crippen LogP contribution is 2.27. The predicted octanol–water partition coefficient (Wildman–Crippen LogP) is 1.78. The average molecular weight is 227 g/mol. The lowest BCUT2D eigenvalue weighted by Gasteiger charge is -2.09. The van der Waals surface area contributed by atoms with E-state index in [4.69, 9.17) is 26.9 Å². The fraction of sp³-hybridized carbons (Fsp3) is 0.300. The van der Waals surface area contributed by atoms with Gasteiger partial charge in [-0.3, -0.25) is 0 Å². The number of aryl methyl sites for hydroxylation is 1. The van der Waals surface area contributed by atoms with Crippen LogP contribution in [-0.2, 0) is 0 Å². The summed E-state index contributed by atoms with van der Waals surface area (Å²) >= 11 is 6.01. The molecule has 0 amide bonds. The van der Waals surface area contributed by atoms with Gasteiger partial charge in [0.25, 0.3) is 0 Å². The molecule has 4 nitrogen and oxygen atoms in total. The number of rotatable bonds is 2. The van der Waals surface area contributed by atoms with Gasteiger partial charge in [-0.05, 0) is 17.7 Å². The summed E-state index contributed by atoms with van der Waals surface area (Å²) in [7, 11) is 0. The molecule has 3 N–H and O–H groups in total. The molecule has 0 aliphatic heterocycles. The van der Waals surface area contributed by atoms with Gasteiger partial charge in [-0.1, -0.05) is 11.6 Å². The van der Waals surface area contributed by atoms with Crippen molar-refractivity contribution in [2.45, 2.75) is 13.0 Å². The topological polar surface area (TPSA) is 72.3 Å². The maximum absolute atomic E-state index is 8.96. The van der Waals surface area contributed by atoms with Gasteiger partial charge in [0.15, 0.2) is 11.5 Å². The largest absolute Gasteiger partial charge is 0.441 e. The quantitative estimate of drug-likeness (QED) is 0.819. The molecule has 1 aromatic heterocycles. The number of aliphatic hydroxyl groups is 1. The molecule has 0 saturated carbocycles. The normalized spacial score (nSPS) is 13.3. The van der Waals surface area contributed by atoms with Gasteiger partial charge < -0.3 is 15.3 Å². The van der Waals surface area contributed by atoms with Crippen molar-refractivity contribution in [3.63, 3.8) is 0 Å². The summed E-state index contributed by atoms with van der Waals surface area (Å²) in [6, 6.07) is 2.92. The van der Waals surface area contributed by atoms with E-state index in [1.165, 1.54) is 0 Å². The Balaban J connectivity index is 2.60. The molecule has 1 unspecified atom stereocenters. The van der Waals surface area contributed by atoms with Crippen molar-refractivity contribution < 1.29 is 9.52 Å². The highest BCUT2D eigenvalue weighted by atomic mass is 35.5. The summed E-state index contributed by atoms with van der Waals surface area (Å²) in [5.74, 6) is 0.579. The summed E-state index contributed by atoms with van der Waals surface area (Å²) in [4.78, 5) is 4.15. The SMILES string of the molecule is Cc1nc2cc(Cl)c(C(N)CO)cc2o1. The molecule has 0 fully saturated rings. The molecular weight excluding hydrogens is 216 g/mol. The van der Waals surface area contributed by atoms with Crippen LogP contribution < -0.4 is 5.73 Å². The third-order valence-corrected chi connectivity index (χ3v) is 2.54. The van der Waals surface area contributed by atoms with Gasteiger partial charge in [-0.15, -0.1) is 0 Å². The van der Waals surface area contributed by atoms with E-state index in [0.29, 0.717) is 27.6 Å². The van der Waals surface area contributed by atoms with E-state index in [1.807, 2.05) is 0 Å². The van der Waals surface area contributed by atoms with Crippen LogP contribution in [0.3, 0.4) is 0 Å². The highest BCUT2D eigenvalue weighted by molar-refractivity contribution is 6.32. The fourth-order valence-electron chi connectivity index (χ4n) is 1.46. The van der Waals surface area contributed by atoms with E-state index in [9.17, 15) is 0 Å². The molecule has 1 aromatic carbocycles. The number of aromatic nitrogens is 1. The van der Waals surface area contributed by atoms with Crippen LogP contribution in [0.5, 0.6) is 0 Å². The van der Waals surface area contributed by atoms with Gasteiger partial charge in [-0.25, -0.2) is 4.98 Å². The zero-order valence-electron chi connectivity index (χ0n) is 8.20. The zero-order chi connectivity index (χ0) is 11.0. The van der Waals surface area contributed by atoms with Crippen LogP contribution in [0.25, 0.3) is 11.1 Å². The van der Waals surface area contributed by atoms with Crippen LogP contribution in [0.15, 0.2) is 16.5 Å². The molecule has 0 radical (unpaired) electrons. The molecule has 0 aliphatic carbocycles. The van der Waals surface area contributed by atoms with Crippen molar-refractivity contribution in [1.82, 2.24) is 4.98 Å². The Morgan fingerprint density at radius 3 is 3.00 bits per heavy atom. The molecule has 80 valence electrons. The molecular formula is C10H11ClN2O2. The minimum Gasteiger partial charge on any atom is -0.441 e. The van der Waals surface area contributed by atoms with Crippen LogP contribution in [-0.4, -0.2) is 16.7 Å². The molecule has 5 heteroatoms. The third-order valence-electron chi connectivity index (χ3n) is 2.21. The number of hydrogen-bond acceptors (Lipinski definition) is 4. The lowest BCUT2D eigenvalue weighted by Crippen LogP contribution is -2.14. The number of nitrogens with zero attached hydrogens (tertiary/aromatic N) is 1. The second-order valence-electron chi connectivity index (χ2n) is 3.36. The van der Waals surface area contributed by atoms with Crippen LogP contribution in [0.4, 0.5) is 0 Å². The second kappa shape index (κ2) is 3.81. The van der Waals surface area contributed by atoms with Crippen molar-refractivity contribution in [1.29, 1.82) is 0 Å². The van der Waals surface area contributed by atoms with Crippen molar-refractivity contribution in [2.75, 3.05) is 6.61 Å². The molecule has 0 aliphatic rings. The Kier molecular flexibility index (Phi) is 2.65. The van der Waals surface area contributed by atoms with E-state index in [0.717, 1.165) is 0 Å². The minimum absolute atomic E-state index is 0.154. The Morgan fingerprint density at radius 1 is 1.60 bits per heavy atom. The first kappa shape index (κ1) is 10.4. The number of fused-ring (bicyclic) bond motifs is 1. The van der Waals surface area contributed by atoms with Crippen molar-refractivity contribution in [2.24, 2.45) is 5.73 Å². The van der Waals surface area contributed by atoms with Gasteiger partial charge in [-0.2, -0.15) is 0 Å². The van der Waals surface area contributed by atoms with Crippen molar-refractivity contribution in [3.8, 4) is 0 Å². The first-order valence-corrected chi connectivity index (χ1v) is 4.92. The third kappa shape index (κ3) is 1.84. The lowest BCUT2D eigenvalue weighted by molar-refractivity contribution is 0.268. The van der Waals surface area contributed by atoms with Crippen LogP contribution >= 0.6 is 11.6 Å². The predicted molar refractivity (Wildman–Crippen MR) is 57.8 cm³/mol. The number of aliphatic hydroxyl groups excluding tert-OH is 1. The Morgan fingerprint density at radius 2 is 2.33 bits per heavy atom. The van der Waals surface area contributed by atoms with E-state index in [2.05, 4.69) is 4.98 Å². The van der Waals surface area contributed by atoms with Gasteiger partial charge in [0, 0.05) is 11.9 Å². The first-order chi connectivity index (χ1) is 7.11. The monoisotopic (exact) mass is 226 g/mol. The van der Waals surface area contributed by atoms with Crippen LogP contribution in [0, 0.1) is 6.92 Å². The molecule has 0 saturated heterocycles. The van der Waals surface area contributed by atoms with Gasteiger partial charge in [0.2, 0.25) is 0 Å². The number of benzene rings is 1. The molecule has 0 spiro atoms. The summed E-state index contributed by atoms with van der Waals surface area (Å²) in [5.41, 5.74) is 7.70. The van der Waals surface area contributed by atoms with Gasteiger partial charge >= 0.3 is 0 Å². The molecule has 2 aromatic rings. The lowest BCUT2D eigenvalue weighted by atomic mass is 10.1. The maximum Gasteiger partial charge on any atom is 0.192 e. The fourth-order valence-corrected chi connectivity index (χ4v) is 1.76. The smallest absolute Gasteiger partial charge is 0.192 e. The number of nitrogens with two attached hydrogens (primary N) is 1. The van der Waals surface area contributed by atoms with Crippen LogP contribution in [0.1, 0.15) is 17.5 Å². The second-order valence-corrected chi connectivity index (χ2v) is 3.77. The average Bonchev–Trinajstić information content (AvgIpc) is 2.55. The Bertz CT molecular complexity index is 495. The molecule has 1 atom stereocenters. The van der Waals surface area contributed by atoms with Crippen molar-refractivity contribution in [3.05, 3.63) is 28.6 Å². The summed E-state index contributed by atoms with van der Waals surface area (Å²) in [6.07, 6.45) is 0. The number of oxazole rings is 1. The van der Waals surface area contributed by atoms with Gasteiger partial charge in [0.05, 0.1) is 12.6 Å². The van der Waals surface area contributed by atoms with E-state index in [1.54, 1.807) is 19.1 Å².